The predicted octanol–water partition coefficient (Wildman–Crippen LogP) is 1.29. The molecule has 2 amide bonds. The smallest absolute Gasteiger partial charge is 0.304 e. The number of nitrogens with one attached hydrogen (secondary N) is 3. The molecule has 2 unspecified atom stereocenters. The van der Waals surface area contributed by atoms with Gasteiger partial charge in [0, 0.05) is 24.6 Å². The first-order chi connectivity index (χ1) is 14.4. The second-order valence-corrected chi connectivity index (χ2v) is 6.68. The first-order valence-corrected chi connectivity index (χ1v) is 9.65. The van der Waals surface area contributed by atoms with Gasteiger partial charge in [-0.15, -0.1) is 0 Å². The molecule has 1 rings (SSSR count). The molecular weight excluding hydrogens is 388 g/mol. The second-order valence-electron chi connectivity index (χ2n) is 6.68. The summed E-state index contributed by atoms with van der Waals surface area (Å²) in [4.78, 5) is 35.2. The Morgan fingerprint density at radius 2 is 1.90 bits per heavy atom. The zero-order valence-electron chi connectivity index (χ0n) is 16.9. The fourth-order valence-corrected chi connectivity index (χ4v) is 2.74. The van der Waals surface area contributed by atoms with Gasteiger partial charge in [0.1, 0.15) is 0 Å². The molecule has 0 spiro atoms. The van der Waals surface area contributed by atoms with Crippen LogP contribution in [0.5, 0.6) is 0 Å². The van der Waals surface area contributed by atoms with Gasteiger partial charge in [0.15, 0.2) is 0 Å². The van der Waals surface area contributed by atoms with Crippen molar-refractivity contribution in [1.29, 1.82) is 5.26 Å². The maximum atomic E-state index is 12.2. The number of carbonyl (C=O) groups excluding carboxylic acids is 2. The maximum Gasteiger partial charge on any atom is 0.304 e. The molecule has 0 fully saturated rings. The van der Waals surface area contributed by atoms with E-state index >= 15 is 0 Å². The minimum Gasteiger partial charge on any atom is -0.481 e. The summed E-state index contributed by atoms with van der Waals surface area (Å²) in [5.41, 5.74) is 1.38. The standard InChI is InChI=1S/C20H28N6O4/c1-2-3-17(24-16(10-11-21)12-20(29)30)26-19(28)9-8-18(27)25-15-6-4-14(5-7-15)13-23-22/h4-7,13,16-17,24H,2-3,8-10,12,22H2,1H3,(H,25,27)(H,26,28)(H,29,30). The average Bonchev–Trinajstić information content (AvgIpc) is 2.68. The number of amides is 2. The molecule has 162 valence electrons. The lowest BCUT2D eigenvalue weighted by atomic mass is 10.1. The average molecular weight is 416 g/mol. The van der Waals surface area contributed by atoms with Gasteiger partial charge in [-0.25, -0.2) is 0 Å². The van der Waals surface area contributed by atoms with Crippen molar-refractivity contribution in [2.45, 2.75) is 57.7 Å². The molecule has 0 bridgehead atoms. The SMILES string of the molecule is CCCC(NC(=O)CCC(=O)Nc1ccc(C=NN)cc1)NC(CC#N)CC(=O)O. The van der Waals surface area contributed by atoms with Crippen LogP contribution in [0.3, 0.4) is 0 Å². The normalized spacial score (nSPS) is 12.7. The molecular formula is C20H28N6O4. The molecule has 30 heavy (non-hydrogen) atoms. The third kappa shape index (κ3) is 10.2. The molecule has 10 nitrogen and oxygen atoms in total. The van der Waals surface area contributed by atoms with Gasteiger partial charge in [-0.2, -0.15) is 10.4 Å². The number of hydrogen-bond donors (Lipinski definition) is 5. The van der Waals surface area contributed by atoms with E-state index in [1.807, 2.05) is 13.0 Å². The summed E-state index contributed by atoms with van der Waals surface area (Å²) in [6.07, 6.45) is 2.09. The first kappa shape index (κ1) is 24.6. The van der Waals surface area contributed by atoms with Crippen molar-refractivity contribution >= 4 is 29.7 Å². The number of nitrogens with zero attached hydrogens (tertiary/aromatic N) is 2. The van der Waals surface area contributed by atoms with Gasteiger partial charge < -0.3 is 21.6 Å². The highest BCUT2D eigenvalue weighted by Gasteiger charge is 2.19. The number of nitriles is 1. The van der Waals surface area contributed by atoms with Crippen LogP contribution in [0.1, 0.15) is 51.0 Å². The number of anilines is 1. The van der Waals surface area contributed by atoms with Crippen LogP contribution in [0.4, 0.5) is 5.69 Å². The highest BCUT2D eigenvalue weighted by atomic mass is 16.4. The Morgan fingerprint density at radius 3 is 2.47 bits per heavy atom. The van der Waals surface area contributed by atoms with Crippen LogP contribution in [-0.4, -0.2) is 41.3 Å². The van der Waals surface area contributed by atoms with E-state index in [0.717, 1.165) is 12.0 Å². The second kappa shape index (κ2) is 13.7. The number of carboxylic acid groups (broad SMARTS) is 1. The Morgan fingerprint density at radius 1 is 1.23 bits per heavy atom. The van der Waals surface area contributed by atoms with E-state index in [9.17, 15) is 14.4 Å². The minimum atomic E-state index is -1.02. The number of hydrogen-bond acceptors (Lipinski definition) is 7. The lowest BCUT2D eigenvalue weighted by molar-refractivity contribution is -0.137. The third-order valence-corrected chi connectivity index (χ3v) is 4.11. The third-order valence-electron chi connectivity index (χ3n) is 4.11. The topological polar surface area (TPSA) is 170 Å². The summed E-state index contributed by atoms with van der Waals surface area (Å²) in [6.45, 7) is 1.93. The van der Waals surface area contributed by atoms with Crippen molar-refractivity contribution in [3.8, 4) is 6.07 Å². The molecule has 0 saturated carbocycles. The molecule has 0 heterocycles. The Bertz CT molecular complexity index is 772. The van der Waals surface area contributed by atoms with Crippen molar-refractivity contribution in [2.24, 2.45) is 10.9 Å². The predicted molar refractivity (Wildman–Crippen MR) is 112 cm³/mol. The van der Waals surface area contributed by atoms with Crippen LogP contribution in [0, 0.1) is 11.3 Å². The molecule has 6 N–H and O–H groups in total. The molecule has 1 aromatic rings. The van der Waals surface area contributed by atoms with Gasteiger partial charge in [-0.3, -0.25) is 19.7 Å². The van der Waals surface area contributed by atoms with E-state index in [0.29, 0.717) is 12.1 Å². The van der Waals surface area contributed by atoms with Gasteiger partial charge in [-0.1, -0.05) is 25.5 Å². The van der Waals surface area contributed by atoms with E-state index in [2.05, 4.69) is 21.1 Å². The highest BCUT2D eigenvalue weighted by molar-refractivity contribution is 5.93. The Balaban J connectivity index is 2.51. The molecule has 0 saturated heterocycles. The summed E-state index contributed by atoms with van der Waals surface area (Å²) in [6, 6.07) is 8.27. The van der Waals surface area contributed by atoms with Crippen molar-refractivity contribution < 1.29 is 19.5 Å². The van der Waals surface area contributed by atoms with Crippen molar-refractivity contribution in [3.63, 3.8) is 0 Å². The number of hydrazone groups is 1. The van der Waals surface area contributed by atoms with E-state index in [4.69, 9.17) is 16.2 Å². The summed E-state index contributed by atoms with van der Waals surface area (Å²) in [5, 5.41) is 29.7. The molecule has 0 aliphatic rings. The summed E-state index contributed by atoms with van der Waals surface area (Å²) in [5.74, 6) is 3.41. The largest absolute Gasteiger partial charge is 0.481 e. The fraction of sp³-hybridized carbons (Fsp3) is 0.450. The van der Waals surface area contributed by atoms with Gasteiger partial charge in [0.25, 0.3) is 0 Å². The van der Waals surface area contributed by atoms with E-state index in [-0.39, 0.29) is 37.5 Å². The van der Waals surface area contributed by atoms with Gasteiger partial charge in [0.2, 0.25) is 11.8 Å². The lowest BCUT2D eigenvalue weighted by Gasteiger charge is -2.24. The van der Waals surface area contributed by atoms with Crippen LogP contribution in [0.2, 0.25) is 0 Å². The summed E-state index contributed by atoms with van der Waals surface area (Å²) < 4.78 is 0. The van der Waals surface area contributed by atoms with Crippen molar-refractivity contribution in [1.82, 2.24) is 10.6 Å². The van der Waals surface area contributed by atoms with Gasteiger partial charge >= 0.3 is 5.97 Å². The Labute approximate surface area is 175 Å². The van der Waals surface area contributed by atoms with Crippen molar-refractivity contribution in [3.05, 3.63) is 29.8 Å². The quantitative estimate of drug-likeness (QED) is 0.140. The molecule has 0 aliphatic heterocycles. The van der Waals surface area contributed by atoms with Crippen LogP contribution in [0.15, 0.2) is 29.4 Å². The van der Waals surface area contributed by atoms with Gasteiger partial charge in [0.05, 0.1) is 31.3 Å². The molecule has 0 aromatic heterocycles. The number of rotatable bonds is 13. The number of carbonyl (C=O) groups is 3. The lowest BCUT2D eigenvalue weighted by Crippen LogP contribution is -2.50. The molecule has 0 radical (unpaired) electrons. The van der Waals surface area contributed by atoms with Crippen LogP contribution >= 0.6 is 0 Å². The molecule has 0 aliphatic carbocycles. The molecule has 1 aromatic carbocycles. The summed E-state index contributed by atoms with van der Waals surface area (Å²) >= 11 is 0. The Hall–Kier alpha value is -3.45. The zero-order chi connectivity index (χ0) is 22.4. The summed E-state index contributed by atoms with van der Waals surface area (Å²) in [7, 11) is 0. The Kier molecular flexibility index (Phi) is 11.2. The van der Waals surface area contributed by atoms with Crippen molar-refractivity contribution in [2.75, 3.05) is 5.32 Å². The van der Waals surface area contributed by atoms with Crippen LogP contribution in [0.25, 0.3) is 0 Å². The van der Waals surface area contributed by atoms with Crippen LogP contribution < -0.4 is 21.8 Å². The minimum absolute atomic E-state index is 0.00651. The highest BCUT2D eigenvalue weighted by Crippen LogP contribution is 2.09. The maximum absolute atomic E-state index is 12.2. The molecule has 2 atom stereocenters. The first-order valence-electron chi connectivity index (χ1n) is 9.65. The fourth-order valence-electron chi connectivity index (χ4n) is 2.74. The molecule has 10 heteroatoms. The van der Waals surface area contributed by atoms with E-state index < -0.39 is 18.2 Å². The number of carboxylic acids is 1. The van der Waals surface area contributed by atoms with E-state index in [1.165, 1.54) is 6.21 Å². The van der Waals surface area contributed by atoms with Gasteiger partial charge in [-0.05, 0) is 24.1 Å². The van der Waals surface area contributed by atoms with E-state index in [1.54, 1.807) is 24.3 Å². The number of aliphatic carboxylic acids is 1. The number of benzene rings is 1. The zero-order valence-corrected chi connectivity index (χ0v) is 16.9. The monoisotopic (exact) mass is 416 g/mol. The van der Waals surface area contributed by atoms with Crippen LogP contribution in [-0.2, 0) is 14.4 Å². The number of nitrogens with two attached hydrogens (primary N) is 1.